The lowest BCUT2D eigenvalue weighted by Gasteiger charge is -2.32. The van der Waals surface area contributed by atoms with Gasteiger partial charge in [0.25, 0.3) is 0 Å². The summed E-state index contributed by atoms with van der Waals surface area (Å²) in [7, 11) is 0. The summed E-state index contributed by atoms with van der Waals surface area (Å²) in [6, 6.07) is 11.8. The van der Waals surface area contributed by atoms with Crippen molar-refractivity contribution in [2.45, 2.75) is 26.3 Å². The molecule has 1 atom stereocenters. The fraction of sp³-hybridized carbons (Fsp3) is 0.304. The van der Waals surface area contributed by atoms with Gasteiger partial charge in [0, 0.05) is 25.2 Å². The van der Waals surface area contributed by atoms with E-state index in [1.54, 1.807) is 4.57 Å². The third-order valence-corrected chi connectivity index (χ3v) is 5.47. The highest BCUT2D eigenvalue weighted by atomic mass is 19.2. The van der Waals surface area contributed by atoms with Crippen LogP contribution in [0.4, 0.5) is 8.78 Å². The van der Waals surface area contributed by atoms with Crippen molar-refractivity contribution in [1.82, 2.24) is 14.5 Å². The van der Waals surface area contributed by atoms with Gasteiger partial charge in [-0.3, -0.25) is 4.79 Å². The topological polar surface area (TPSA) is 38.1 Å². The lowest BCUT2D eigenvalue weighted by molar-refractivity contribution is -0.135. The Labute approximate surface area is 168 Å². The summed E-state index contributed by atoms with van der Waals surface area (Å²) in [5, 5.41) is 0. The second-order valence-corrected chi connectivity index (χ2v) is 7.73. The molecule has 3 aromatic rings. The number of nitrogens with zero attached hydrogens (tertiary/aromatic N) is 3. The maximum Gasteiger partial charge on any atom is 0.246 e. The molecule has 0 N–H and O–H groups in total. The number of carbonyl (C=O) groups excluding carboxylic acids is 1. The highest BCUT2D eigenvalue weighted by Crippen LogP contribution is 2.29. The second-order valence-electron chi connectivity index (χ2n) is 7.73. The molecule has 29 heavy (non-hydrogen) atoms. The summed E-state index contributed by atoms with van der Waals surface area (Å²) in [5.74, 6) is -1.95. The Bertz CT molecular complexity index is 1070. The van der Waals surface area contributed by atoms with Gasteiger partial charge < -0.3 is 9.47 Å². The Morgan fingerprint density at radius 1 is 1.10 bits per heavy atom. The molecule has 4 rings (SSSR count). The Morgan fingerprint density at radius 3 is 2.48 bits per heavy atom. The minimum atomic E-state index is -0.942. The van der Waals surface area contributed by atoms with Crippen LogP contribution >= 0.6 is 0 Å². The molecule has 0 spiro atoms. The molecule has 6 heteroatoms. The largest absolute Gasteiger partial charge is 0.337 e. The Hall–Kier alpha value is -3.02. The zero-order valence-corrected chi connectivity index (χ0v) is 16.5. The standard InChI is InChI=1S/C23H23F2N3O/c1-15(2)22(28-14-26-20-12-18(24)19(25)13-21(20)28)23(29)27-10-8-17(9-11-27)16-6-4-3-5-7-16/h3-8,12-15,22H,9-11H2,1-2H3. The van der Waals surface area contributed by atoms with Gasteiger partial charge in [-0.15, -0.1) is 0 Å². The fourth-order valence-electron chi connectivity index (χ4n) is 3.94. The number of amides is 1. The molecular weight excluding hydrogens is 372 g/mol. The summed E-state index contributed by atoms with van der Waals surface area (Å²) >= 11 is 0. The van der Waals surface area contributed by atoms with Gasteiger partial charge >= 0.3 is 0 Å². The van der Waals surface area contributed by atoms with Crippen molar-refractivity contribution in [2.24, 2.45) is 5.92 Å². The summed E-state index contributed by atoms with van der Waals surface area (Å²) in [6.07, 6.45) is 4.38. The first-order valence-electron chi connectivity index (χ1n) is 9.80. The summed E-state index contributed by atoms with van der Waals surface area (Å²) in [4.78, 5) is 19.4. The molecule has 4 nitrogen and oxygen atoms in total. The second kappa shape index (κ2) is 7.78. The Kier molecular flexibility index (Phi) is 5.18. The average Bonchev–Trinajstić information content (AvgIpc) is 3.11. The predicted molar refractivity (Wildman–Crippen MR) is 109 cm³/mol. The van der Waals surface area contributed by atoms with Gasteiger partial charge in [-0.05, 0) is 23.5 Å². The van der Waals surface area contributed by atoms with Gasteiger partial charge in [-0.2, -0.15) is 0 Å². The number of rotatable bonds is 4. The summed E-state index contributed by atoms with van der Waals surface area (Å²) in [6.45, 7) is 5.05. The maximum atomic E-state index is 13.8. The molecule has 0 aliphatic carbocycles. The number of imidazole rings is 1. The number of halogens is 2. The molecule has 0 saturated heterocycles. The van der Waals surface area contributed by atoms with Gasteiger partial charge in [-0.1, -0.05) is 50.3 Å². The van der Waals surface area contributed by atoms with Crippen LogP contribution < -0.4 is 0 Å². The third kappa shape index (κ3) is 3.67. The van der Waals surface area contributed by atoms with E-state index in [-0.39, 0.29) is 11.8 Å². The zero-order valence-electron chi connectivity index (χ0n) is 16.5. The first-order valence-corrected chi connectivity index (χ1v) is 9.80. The van der Waals surface area contributed by atoms with Crippen molar-refractivity contribution in [3.05, 3.63) is 72.1 Å². The Balaban J connectivity index is 1.61. The van der Waals surface area contributed by atoms with E-state index >= 15 is 0 Å². The first-order chi connectivity index (χ1) is 14.0. The van der Waals surface area contributed by atoms with E-state index < -0.39 is 17.7 Å². The number of hydrogen-bond acceptors (Lipinski definition) is 2. The third-order valence-electron chi connectivity index (χ3n) is 5.47. The minimum absolute atomic E-state index is 0.0347. The molecule has 1 aromatic heterocycles. The highest BCUT2D eigenvalue weighted by Gasteiger charge is 2.31. The van der Waals surface area contributed by atoms with Gasteiger partial charge in [-0.25, -0.2) is 13.8 Å². The van der Waals surface area contributed by atoms with Crippen LogP contribution in [0, 0.1) is 17.6 Å². The molecule has 0 saturated carbocycles. The van der Waals surface area contributed by atoms with Crippen LogP contribution in [-0.4, -0.2) is 33.4 Å². The lowest BCUT2D eigenvalue weighted by atomic mass is 9.97. The van der Waals surface area contributed by atoms with E-state index in [0.717, 1.165) is 18.6 Å². The molecule has 0 fully saturated rings. The van der Waals surface area contributed by atoms with Crippen LogP contribution in [0.25, 0.3) is 16.6 Å². The fourth-order valence-corrected chi connectivity index (χ4v) is 3.94. The number of hydrogen-bond donors (Lipinski definition) is 0. The monoisotopic (exact) mass is 395 g/mol. The molecular formula is C23H23F2N3O. The lowest BCUT2D eigenvalue weighted by Crippen LogP contribution is -2.41. The first kappa shape index (κ1) is 19.3. The van der Waals surface area contributed by atoms with Gasteiger partial charge in [0.2, 0.25) is 5.91 Å². The normalized spacial score (nSPS) is 15.6. The number of benzene rings is 2. The molecule has 2 heterocycles. The van der Waals surface area contributed by atoms with Crippen LogP contribution in [0.15, 0.2) is 54.9 Å². The molecule has 1 aliphatic rings. The molecule has 1 aliphatic heterocycles. The smallest absolute Gasteiger partial charge is 0.246 e. The molecule has 150 valence electrons. The zero-order chi connectivity index (χ0) is 20.5. The Morgan fingerprint density at radius 2 is 1.83 bits per heavy atom. The van der Waals surface area contributed by atoms with Crippen molar-refractivity contribution < 1.29 is 13.6 Å². The minimum Gasteiger partial charge on any atom is -0.337 e. The molecule has 1 amide bonds. The SMILES string of the molecule is CC(C)C(C(=O)N1CC=C(c2ccccc2)CC1)n1cnc2cc(F)c(F)cc21. The highest BCUT2D eigenvalue weighted by molar-refractivity contribution is 5.85. The van der Waals surface area contributed by atoms with Crippen LogP contribution in [0.3, 0.4) is 0 Å². The van der Waals surface area contributed by atoms with Gasteiger partial charge in [0.1, 0.15) is 6.04 Å². The number of aromatic nitrogens is 2. The molecule has 0 bridgehead atoms. The van der Waals surface area contributed by atoms with Crippen LogP contribution in [0.1, 0.15) is 31.9 Å². The maximum absolute atomic E-state index is 13.8. The van der Waals surface area contributed by atoms with E-state index in [1.165, 1.54) is 17.5 Å². The van der Waals surface area contributed by atoms with Crippen molar-refractivity contribution in [3.63, 3.8) is 0 Å². The number of fused-ring (bicyclic) bond motifs is 1. The van der Waals surface area contributed by atoms with Gasteiger partial charge in [0.05, 0.1) is 17.4 Å². The number of carbonyl (C=O) groups is 1. The van der Waals surface area contributed by atoms with E-state index in [2.05, 4.69) is 23.2 Å². The van der Waals surface area contributed by atoms with Gasteiger partial charge in [0.15, 0.2) is 11.6 Å². The van der Waals surface area contributed by atoms with Crippen LogP contribution in [0.5, 0.6) is 0 Å². The van der Waals surface area contributed by atoms with Crippen molar-refractivity contribution in [3.8, 4) is 0 Å². The van der Waals surface area contributed by atoms with Crippen LogP contribution in [0.2, 0.25) is 0 Å². The summed E-state index contributed by atoms with van der Waals surface area (Å²) < 4.78 is 29.0. The van der Waals surface area contributed by atoms with Crippen LogP contribution in [-0.2, 0) is 4.79 Å². The van der Waals surface area contributed by atoms with Crippen molar-refractivity contribution in [2.75, 3.05) is 13.1 Å². The quantitative estimate of drug-likeness (QED) is 0.635. The van der Waals surface area contributed by atoms with Crippen molar-refractivity contribution >= 4 is 22.5 Å². The van der Waals surface area contributed by atoms with E-state index in [9.17, 15) is 13.6 Å². The molecule has 2 aromatic carbocycles. The van der Waals surface area contributed by atoms with E-state index in [4.69, 9.17) is 0 Å². The molecule has 0 radical (unpaired) electrons. The van der Waals surface area contributed by atoms with E-state index in [1.807, 2.05) is 36.9 Å². The predicted octanol–water partition coefficient (Wildman–Crippen LogP) is 4.83. The summed E-state index contributed by atoms with van der Waals surface area (Å²) in [5.41, 5.74) is 3.18. The molecule has 1 unspecified atom stereocenters. The van der Waals surface area contributed by atoms with Crippen molar-refractivity contribution in [1.29, 1.82) is 0 Å². The van der Waals surface area contributed by atoms with E-state index in [0.29, 0.717) is 24.1 Å². The average molecular weight is 395 g/mol.